The number of nitrogens with one attached hydrogen (secondary N) is 2. The monoisotopic (exact) mass is 629 g/mol. The molecule has 0 fully saturated rings. The molecule has 218 valence electrons. The van der Waals surface area contributed by atoms with Gasteiger partial charge in [0, 0.05) is 17.8 Å². The van der Waals surface area contributed by atoms with Gasteiger partial charge in [-0.15, -0.1) is 0 Å². The Bertz CT molecular complexity index is 1690. The van der Waals surface area contributed by atoms with Crippen molar-refractivity contribution in [3.63, 3.8) is 0 Å². The van der Waals surface area contributed by atoms with Crippen molar-refractivity contribution < 1.29 is 23.7 Å². The predicted octanol–water partition coefficient (Wildman–Crippen LogP) is 6.77. The number of amides is 1. The molecular formula is C29H26Cl3N5O5. The molecule has 13 heteroatoms. The molecule has 1 atom stereocenters. The number of rotatable bonds is 9. The first-order valence-corrected chi connectivity index (χ1v) is 13.7. The van der Waals surface area contributed by atoms with Crippen molar-refractivity contribution in [1.82, 2.24) is 14.8 Å². The number of methoxy groups -OCH3 is 3. The summed E-state index contributed by atoms with van der Waals surface area (Å²) < 4.78 is 24.1. The molecule has 1 aliphatic heterocycles. The minimum absolute atomic E-state index is 0.242. The molecule has 4 aromatic rings. The Morgan fingerprint density at radius 2 is 1.67 bits per heavy atom. The van der Waals surface area contributed by atoms with Gasteiger partial charge in [0.2, 0.25) is 5.95 Å². The summed E-state index contributed by atoms with van der Waals surface area (Å²) in [6.45, 7) is 2.04. The Balaban J connectivity index is 1.48. The number of carbonyl (C=O) groups excluding carboxylic acids is 1. The molecule has 3 aromatic carbocycles. The molecule has 1 amide bonds. The van der Waals surface area contributed by atoms with Crippen molar-refractivity contribution >= 4 is 52.3 Å². The third-order valence-electron chi connectivity index (χ3n) is 6.64. The maximum Gasteiger partial charge on any atom is 0.255 e. The number of carbonyl (C=O) groups is 1. The topological polar surface area (TPSA) is 109 Å². The lowest BCUT2D eigenvalue weighted by molar-refractivity contribution is -0.113. The minimum atomic E-state index is -0.651. The summed E-state index contributed by atoms with van der Waals surface area (Å²) in [6, 6.07) is 13.3. The van der Waals surface area contributed by atoms with Gasteiger partial charge in [-0.25, -0.2) is 4.68 Å². The zero-order valence-electron chi connectivity index (χ0n) is 23.0. The first kappa shape index (κ1) is 29.4. The standard InChI is InChI=1S/C29H26Cl3N5O5/c1-15-26(28(38)36-21-12-23(39-2)20(32)11-24(21)40-3)27(37-29(35-15)33-14-34-37)17-6-8-22(25(10-17)41-4)42-13-16-5-7-18(30)19(31)9-16/h5-12,14,27H,13H2,1-4H3,(H,36,38)(H,33,34,35)/t27-/m1/s1. The molecule has 0 radical (unpaired) electrons. The molecule has 0 aliphatic carbocycles. The van der Waals surface area contributed by atoms with Gasteiger partial charge >= 0.3 is 0 Å². The second kappa shape index (κ2) is 12.4. The maximum atomic E-state index is 13.9. The minimum Gasteiger partial charge on any atom is -0.495 e. The highest BCUT2D eigenvalue weighted by molar-refractivity contribution is 6.42. The van der Waals surface area contributed by atoms with Gasteiger partial charge in [0.25, 0.3) is 5.91 Å². The summed E-state index contributed by atoms with van der Waals surface area (Å²) in [4.78, 5) is 18.2. The average Bonchev–Trinajstić information content (AvgIpc) is 3.45. The fraction of sp³-hybridized carbons (Fsp3) is 0.207. The fourth-order valence-electron chi connectivity index (χ4n) is 4.61. The zero-order chi connectivity index (χ0) is 30.0. The molecular weight excluding hydrogens is 605 g/mol. The van der Waals surface area contributed by atoms with Crippen LogP contribution in [0, 0.1) is 0 Å². The molecule has 5 rings (SSSR count). The van der Waals surface area contributed by atoms with Gasteiger partial charge in [0.05, 0.1) is 47.7 Å². The molecule has 0 bridgehead atoms. The number of fused-ring (bicyclic) bond motifs is 1. The van der Waals surface area contributed by atoms with Crippen LogP contribution in [-0.4, -0.2) is 42.0 Å². The zero-order valence-corrected chi connectivity index (χ0v) is 25.3. The molecule has 2 heterocycles. The highest BCUT2D eigenvalue weighted by Crippen LogP contribution is 2.41. The summed E-state index contributed by atoms with van der Waals surface area (Å²) >= 11 is 18.4. The molecule has 2 N–H and O–H groups in total. The van der Waals surface area contributed by atoms with Crippen LogP contribution in [0.4, 0.5) is 11.6 Å². The lowest BCUT2D eigenvalue weighted by atomic mass is 9.94. The van der Waals surface area contributed by atoms with E-state index in [1.807, 2.05) is 12.1 Å². The second-order valence-corrected chi connectivity index (χ2v) is 10.4. The summed E-state index contributed by atoms with van der Waals surface area (Å²) in [6.07, 6.45) is 1.42. The number of benzene rings is 3. The number of hydrogen-bond donors (Lipinski definition) is 2. The van der Waals surface area contributed by atoms with E-state index >= 15 is 0 Å². The SMILES string of the molecule is COc1cc(NC(=O)C2=C(C)Nc3ncnn3[C@@H]2c2ccc(OCc3ccc(Cl)c(Cl)c3)c(OC)c2)c(OC)cc1Cl. The Kier molecular flexibility index (Phi) is 8.67. The largest absolute Gasteiger partial charge is 0.495 e. The van der Waals surface area contributed by atoms with Gasteiger partial charge in [0.15, 0.2) is 11.5 Å². The number of anilines is 2. The molecule has 0 saturated heterocycles. The van der Waals surface area contributed by atoms with E-state index < -0.39 is 11.9 Å². The van der Waals surface area contributed by atoms with Gasteiger partial charge in [0.1, 0.15) is 30.5 Å². The van der Waals surface area contributed by atoms with Gasteiger partial charge in [-0.3, -0.25) is 4.79 Å². The van der Waals surface area contributed by atoms with Crippen molar-refractivity contribution in [2.75, 3.05) is 32.0 Å². The first-order chi connectivity index (χ1) is 20.2. The van der Waals surface area contributed by atoms with Crippen LogP contribution in [0.2, 0.25) is 15.1 Å². The smallest absolute Gasteiger partial charge is 0.255 e. The molecule has 0 saturated carbocycles. The van der Waals surface area contributed by atoms with Gasteiger partial charge in [-0.05, 0) is 42.3 Å². The van der Waals surface area contributed by atoms with Crippen LogP contribution in [0.25, 0.3) is 0 Å². The van der Waals surface area contributed by atoms with Crippen molar-refractivity contribution in [3.05, 3.63) is 92.3 Å². The molecule has 0 unspecified atom stereocenters. The number of ether oxygens (including phenoxy) is 4. The molecule has 42 heavy (non-hydrogen) atoms. The van der Waals surface area contributed by atoms with E-state index in [1.165, 1.54) is 20.5 Å². The van der Waals surface area contributed by atoms with Gasteiger partial charge < -0.3 is 29.6 Å². The number of nitrogens with zero attached hydrogens (tertiary/aromatic N) is 3. The Morgan fingerprint density at radius 1 is 0.905 bits per heavy atom. The van der Waals surface area contributed by atoms with Crippen LogP contribution in [0.15, 0.2) is 66.1 Å². The fourth-order valence-corrected chi connectivity index (χ4v) is 5.16. The van der Waals surface area contributed by atoms with E-state index in [9.17, 15) is 4.79 Å². The summed E-state index contributed by atoms with van der Waals surface area (Å²) in [5.41, 5.74) is 2.93. The number of hydrogen-bond acceptors (Lipinski definition) is 8. The maximum absolute atomic E-state index is 13.9. The van der Waals surface area contributed by atoms with Crippen LogP contribution >= 0.6 is 34.8 Å². The number of aromatic nitrogens is 3. The number of allylic oxidation sites excluding steroid dienone is 1. The van der Waals surface area contributed by atoms with Crippen LogP contribution in [0.1, 0.15) is 24.1 Å². The Labute approximate surface area is 257 Å². The van der Waals surface area contributed by atoms with Crippen molar-refractivity contribution in [2.24, 2.45) is 0 Å². The summed E-state index contributed by atoms with van der Waals surface area (Å²) in [7, 11) is 4.52. The third kappa shape index (κ3) is 5.78. The third-order valence-corrected chi connectivity index (χ3v) is 7.68. The summed E-state index contributed by atoms with van der Waals surface area (Å²) in [5.74, 6) is 1.82. The van der Waals surface area contributed by atoms with Crippen molar-refractivity contribution in [3.8, 4) is 23.0 Å². The van der Waals surface area contributed by atoms with Gasteiger partial charge in [-0.2, -0.15) is 10.1 Å². The van der Waals surface area contributed by atoms with Crippen LogP contribution < -0.4 is 29.6 Å². The van der Waals surface area contributed by atoms with Crippen molar-refractivity contribution in [1.29, 1.82) is 0 Å². The van der Waals surface area contributed by atoms with E-state index in [1.54, 1.807) is 55.1 Å². The van der Waals surface area contributed by atoms with E-state index in [2.05, 4.69) is 20.7 Å². The second-order valence-electron chi connectivity index (χ2n) is 9.18. The van der Waals surface area contributed by atoms with E-state index in [-0.39, 0.29) is 6.61 Å². The first-order valence-electron chi connectivity index (χ1n) is 12.6. The highest BCUT2D eigenvalue weighted by Gasteiger charge is 2.34. The van der Waals surface area contributed by atoms with E-state index in [0.29, 0.717) is 66.5 Å². The lowest BCUT2D eigenvalue weighted by Crippen LogP contribution is -2.31. The highest BCUT2D eigenvalue weighted by atomic mass is 35.5. The Morgan fingerprint density at radius 3 is 2.38 bits per heavy atom. The summed E-state index contributed by atoms with van der Waals surface area (Å²) in [5, 5.41) is 11.8. The Hall–Kier alpha value is -4.12. The van der Waals surface area contributed by atoms with Crippen LogP contribution in [-0.2, 0) is 11.4 Å². The lowest BCUT2D eigenvalue weighted by Gasteiger charge is -2.29. The predicted molar refractivity (Wildman–Crippen MR) is 161 cm³/mol. The van der Waals surface area contributed by atoms with Crippen LogP contribution in [0.5, 0.6) is 23.0 Å². The molecule has 1 aliphatic rings. The average molecular weight is 631 g/mol. The molecule has 10 nitrogen and oxygen atoms in total. The van der Waals surface area contributed by atoms with Crippen molar-refractivity contribution in [2.45, 2.75) is 19.6 Å². The molecule has 0 spiro atoms. The molecule has 1 aromatic heterocycles. The van der Waals surface area contributed by atoms with E-state index in [0.717, 1.165) is 5.56 Å². The van der Waals surface area contributed by atoms with E-state index in [4.69, 9.17) is 53.8 Å². The van der Waals surface area contributed by atoms with Crippen LogP contribution in [0.3, 0.4) is 0 Å². The van der Waals surface area contributed by atoms with Gasteiger partial charge in [-0.1, -0.05) is 46.9 Å². The number of halogens is 3. The normalized spacial score (nSPS) is 14.1. The quantitative estimate of drug-likeness (QED) is 0.209.